The molecule has 0 spiro atoms. The Balaban J connectivity index is 1.24. The van der Waals surface area contributed by atoms with Gasteiger partial charge in [-0.05, 0) is 32.0 Å². The van der Waals surface area contributed by atoms with E-state index in [4.69, 9.17) is 9.52 Å². The van der Waals surface area contributed by atoms with E-state index in [2.05, 4.69) is 52.8 Å². The van der Waals surface area contributed by atoms with Crippen LogP contribution >= 0.6 is 0 Å². The molecule has 1 saturated carbocycles. The number of rotatable bonds is 5. The molecule has 3 aromatic rings. The molecule has 28 heavy (non-hydrogen) atoms. The molecule has 1 saturated heterocycles. The van der Waals surface area contributed by atoms with Gasteiger partial charge in [-0.25, -0.2) is 4.98 Å². The Kier molecular flexibility index (Phi) is 3.94. The average Bonchev–Trinajstić information content (AvgIpc) is 3.18. The van der Waals surface area contributed by atoms with E-state index in [-0.39, 0.29) is 5.41 Å². The molecule has 0 atom stereocenters. The van der Waals surface area contributed by atoms with E-state index in [1.54, 1.807) is 0 Å². The summed E-state index contributed by atoms with van der Waals surface area (Å²) in [6.45, 7) is 9.02. The van der Waals surface area contributed by atoms with Gasteiger partial charge in [0.05, 0.1) is 12.7 Å². The minimum atomic E-state index is -0.0991. The molecule has 0 bridgehead atoms. The molecular weight excluding hydrogens is 354 g/mol. The molecule has 0 N–H and O–H groups in total. The summed E-state index contributed by atoms with van der Waals surface area (Å²) < 4.78 is 7.77. The molecule has 0 amide bonds. The van der Waals surface area contributed by atoms with Crippen molar-refractivity contribution in [3.8, 4) is 0 Å². The molecule has 1 aliphatic carbocycles. The summed E-state index contributed by atoms with van der Waals surface area (Å²) in [6, 6.07) is 4.49. The third kappa shape index (κ3) is 3.15. The van der Waals surface area contributed by atoms with E-state index in [0.29, 0.717) is 12.0 Å². The van der Waals surface area contributed by atoms with Crippen molar-refractivity contribution < 1.29 is 4.42 Å². The van der Waals surface area contributed by atoms with Crippen molar-refractivity contribution in [2.24, 2.45) is 0 Å². The van der Waals surface area contributed by atoms with Gasteiger partial charge in [-0.3, -0.25) is 4.90 Å². The molecule has 1 aliphatic heterocycles. The van der Waals surface area contributed by atoms with Gasteiger partial charge in [0.2, 0.25) is 5.89 Å². The normalized spacial score (nSPS) is 18.2. The highest BCUT2D eigenvalue weighted by Crippen LogP contribution is 2.40. The number of anilines is 1. The molecule has 4 heterocycles. The maximum absolute atomic E-state index is 5.90. The summed E-state index contributed by atoms with van der Waals surface area (Å²) in [7, 11) is 2.14. The number of nitrogens with zero attached hydrogens (tertiary/aromatic N) is 7. The van der Waals surface area contributed by atoms with Crippen LogP contribution in [0.2, 0.25) is 0 Å². The highest BCUT2D eigenvalue weighted by molar-refractivity contribution is 5.48. The fourth-order valence-electron chi connectivity index (χ4n) is 3.63. The standard InChI is InChI=1S/C20H27N7O/c1-20(2,3)19-23-22-16-7-8-17(24-27(16)19)26-10-14(11-26)25(4)12-18-21-9-15(28-18)13-5-6-13/h7-9,13-14H,5-6,10-12H2,1-4H3. The summed E-state index contributed by atoms with van der Waals surface area (Å²) in [5.74, 6) is 4.34. The molecular formula is C20H27N7O. The van der Waals surface area contributed by atoms with Gasteiger partial charge in [0.25, 0.3) is 0 Å². The summed E-state index contributed by atoms with van der Waals surface area (Å²) in [5.41, 5.74) is 0.691. The smallest absolute Gasteiger partial charge is 0.208 e. The number of likely N-dealkylation sites (N-methyl/N-ethyl adjacent to an activating group) is 1. The van der Waals surface area contributed by atoms with Crippen LogP contribution in [0.4, 0.5) is 5.82 Å². The summed E-state index contributed by atoms with van der Waals surface area (Å²) in [5, 5.41) is 13.4. The molecule has 3 aromatic heterocycles. The Hall–Kier alpha value is -2.48. The lowest BCUT2D eigenvalue weighted by Crippen LogP contribution is -2.58. The third-order valence-corrected chi connectivity index (χ3v) is 5.66. The molecule has 148 valence electrons. The Morgan fingerprint density at radius 3 is 2.68 bits per heavy atom. The summed E-state index contributed by atoms with van der Waals surface area (Å²) in [4.78, 5) is 9.05. The number of fused-ring (bicyclic) bond motifs is 1. The first-order valence-corrected chi connectivity index (χ1v) is 10.0. The number of oxazole rings is 1. The quantitative estimate of drug-likeness (QED) is 0.672. The first kappa shape index (κ1) is 17.6. The Bertz CT molecular complexity index is 992. The number of hydrogen-bond acceptors (Lipinski definition) is 7. The van der Waals surface area contributed by atoms with E-state index < -0.39 is 0 Å². The fourth-order valence-corrected chi connectivity index (χ4v) is 3.63. The summed E-state index contributed by atoms with van der Waals surface area (Å²) in [6.07, 6.45) is 4.38. The van der Waals surface area contributed by atoms with Gasteiger partial charge in [-0.1, -0.05) is 20.8 Å². The van der Waals surface area contributed by atoms with Gasteiger partial charge >= 0.3 is 0 Å². The average molecular weight is 381 g/mol. The van der Waals surface area contributed by atoms with E-state index >= 15 is 0 Å². The lowest BCUT2D eigenvalue weighted by atomic mass is 9.96. The van der Waals surface area contributed by atoms with Gasteiger partial charge < -0.3 is 9.32 Å². The second-order valence-corrected chi connectivity index (χ2v) is 9.14. The second-order valence-electron chi connectivity index (χ2n) is 9.14. The fraction of sp³-hybridized carbons (Fsp3) is 0.600. The van der Waals surface area contributed by atoms with Crippen molar-refractivity contribution in [3.05, 3.63) is 35.8 Å². The van der Waals surface area contributed by atoms with E-state index in [0.717, 1.165) is 48.6 Å². The van der Waals surface area contributed by atoms with Gasteiger partial charge in [-0.2, -0.15) is 4.52 Å². The maximum Gasteiger partial charge on any atom is 0.208 e. The number of aromatic nitrogens is 5. The lowest BCUT2D eigenvalue weighted by Gasteiger charge is -2.44. The Labute approximate surface area is 164 Å². The Morgan fingerprint density at radius 1 is 1.18 bits per heavy atom. The SMILES string of the molecule is CN(Cc1ncc(C2CC2)o1)C1CN(c2ccc3nnc(C(C)(C)C)n3n2)C1. The van der Waals surface area contributed by atoms with Crippen molar-refractivity contribution in [1.82, 2.24) is 29.7 Å². The van der Waals surface area contributed by atoms with Crippen LogP contribution in [-0.2, 0) is 12.0 Å². The highest BCUT2D eigenvalue weighted by Gasteiger charge is 2.33. The van der Waals surface area contributed by atoms with Crippen LogP contribution < -0.4 is 4.90 Å². The predicted molar refractivity (Wildman–Crippen MR) is 105 cm³/mol. The molecule has 8 nitrogen and oxygen atoms in total. The van der Waals surface area contributed by atoms with Crippen molar-refractivity contribution in [3.63, 3.8) is 0 Å². The first-order chi connectivity index (χ1) is 13.4. The van der Waals surface area contributed by atoms with Crippen LogP contribution in [0, 0.1) is 0 Å². The molecule has 5 rings (SSSR count). The van der Waals surface area contributed by atoms with Gasteiger partial charge in [0, 0.05) is 30.5 Å². The minimum Gasteiger partial charge on any atom is -0.444 e. The molecule has 0 radical (unpaired) electrons. The van der Waals surface area contributed by atoms with Gasteiger partial charge in [-0.15, -0.1) is 15.3 Å². The predicted octanol–water partition coefficient (Wildman–Crippen LogP) is 2.61. The van der Waals surface area contributed by atoms with Crippen molar-refractivity contribution in [2.75, 3.05) is 25.0 Å². The molecule has 0 unspecified atom stereocenters. The second kappa shape index (κ2) is 6.27. The van der Waals surface area contributed by atoms with Crippen LogP contribution in [0.15, 0.2) is 22.7 Å². The minimum absolute atomic E-state index is 0.0991. The van der Waals surface area contributed by atoms with Gasteiger partial charge in [0.15, 0.2) is 11.5 Å². The number of hydrogen-bond donors (Lipinski definition) is 0. The van der Waals surface area contributed by atoms with E-state index in [9.17, 15) is 0 Å². The zero-order valence-corrected chi connectivity index (χ0v) is 17.0. The topological polar surface area (TPSA) is 75.6 Å². The van der Waals surface area contributed by atoms with Crippen LogP contribution in [0.25, 0.3) is 5.65 Å². The molecule has 0 aromatic carbocycles. The van der Waals surface area contributed by atoms with Gasteiger partial charge in [0.1, 0.15) is 11.6 Å². The molecule has 2 aliphatic rings. The zero-order chi connectivity index (χ0) is 19.5. The van der Waals surface area contributed by atoms with Crippen LogP contribution in [0.5, 0.6) is 0 Å². The largest absolute Gasteiger partial charge is 0.444 e. The zero-order valence-electron chi connectivity index (χ0n) is 17.0. The lowest BCUT2D eigenvalue weighted by molar-refractivity contribution is 0.179. The van der Waals surface area contributed by atoms with Crippen molar-refractivity contribution >= 4 is 11.5 Å². The van der Waals surface area contributed by atoms with Crippen LogP contribution in [0.1, 0.15) is 57.0 Å². The molecule has 2 fully saturated rings. The van der Waals surface area contributed by atoms with E-state index in [1.807, 2.05) is 22.8 Å². The monoisotopic (exact) mass is 381 g/mol. The van der Waals surface area contributed by atoms with Crippen molar-refractivity contribution in [1.29, 1.82) is 0 Å². The first-order valence-electron chi connectivity index (χ1n) is 10.0. The van der Waals surface area contributed by atoms with Crippen LogP contribution in [0.3, 0.4) is 0 Å². The summed E-state index contributed by atoms with van der Waals surface area (Å²) >= 11 is 0. The van der Waals surface area contributed by atoms with Crippen molar-refractivity contribution in [2.45, 2.75) is 57.5 Å². The maximum atomic E-state index is 5.90. The molecule has 8 heteroatoms. The van der Waals surface area contributed by atoms with Crippen LogP contribution in [-0.4, -0.2) is 55.9 Å². The highest BCUT2D eigenvalue weighted by atomic mass is 16.4. The van der Waals surface area contributed by atoms with E-state index in [1.165, 1.54) is 12.8 Å². The third-order valence-electron chi connectivity index (χ3n) is 5.66. The Morgan fingerprint density at radius 2 is 1.96 bits per heavy atom.